The van der Waals surface area contributed by atoms with Crippen LogP contribution in [-0.2, 0) is 20.8 Å². The molecule has 0 radical (unpaired) electrons. The molecule has 3 rings (SSSR count). The van der Waals surface area contributed by atoms with E-state index in [1.165, 1.54) is 0 Å². The minimum Gasteiger partial charge on any atom is -0.508 e. The van der Waals surface area contributed by atoms with Crippen LogP contribution < -0.4 is 0 Å². The van der Waals surface area contributed by atoms with E-state index in [1.54, 1.807) is 12.1 Å². The SMILES string of the molecule is CC1(C)OCC(COCc2ccc3ccc(O)cc3c2)O1. The van der Waals surface area contributed by atoms with E-state index in [0.717, 1.165) is 16.3 Å². The van der Waals surface area contributed by atoms with Crippen LogP contribution in [0, 0.1) is 0 Å². The maximum atomic E-state index is 9.53. The van der Waals surface area contributed by atoms with Gasteiger partial charge in [-0.25, -0.2) is 0 Å². The highest BCUT2D eigenvalue weighted by Gasteiger charge is 2.32. The highest BCUT2D eigenvalue weighted by molar-refractivity contribution is 5.84. The number of fused-ring (bicyclic) bond motifs is 1. The van der Waals surface area contributed by atoms with Crippen LogP contribution in [0.5, 0.6) is 5.75 Å². The summed E-state index contributed by atoms with van der Waals surface area (Å²) in [5, 5.41) is 11.6. The number of ether oxygens (including phenoxy) is 3. The molecule has 1 atom stereocenters. The summed E-state index contributed by atoms with van der Waals surface area (Å²) in [7, 11) is 0. The Bertz CT molecular complexity index is 636. The lowest BCUT2D eigenvalue weighted by Crippen LogP contribution is -2.24. The zero-order chi connectivity index (χ0) is 14.9. The molecule has 1 aliphatic rings. The van der Waals surface area contributed by atoms with E-state index in [2.05, 4.69) is 0 Å². The summed E-state index contributed by atoms with van der Waals surface area (Å²) in [5.41, 5.74) is 1.08. The molecule has 0 aliphatic carbocycles. The fourth-order valence-electron chi connectivity index (χ4n) is 2.53. The van der Waals surface area contributed by atoms with Gasteiger partial charge in [-0.15, -0.1) is 0 Å². The van der Waals surface area contributed by atoms with Crippen molar-refractivity contribution in [1.82, 2.24) is 0 Å². The monoisotopic (exact) mass is 288 g/mol. The molecule has 0 spiro atoms. The molecule has 21 heavy (non-hydrogen) atoms. The fraction of sp³-hybridized carbons (Fsp3) is 0.412. The molecular formula is C17H20O4. The van der Waals surface area contributed by atoms with Gasteiger partial charge in [0.05, 0.1) is 19.8 Å². The van der Waals surface area contributed by atoms with Crippen LogP contribution in [0.15, 0.2) is 36.4 Å². The van der Waals surface area contributed by atoms with E-state index in [4.69, 9.17) is 14.2 Å². The molecule has 1 N–H and O–H groups in total. The van der Waals surface area contributed by atoms with Crippen molar-refractivity contribution >= 4 is 10.8 Å². The normalized spacial score (nSPS) is 21.0. The molecule has 1 unspecified atom stereocenters. The van der Waals surface area contributed by atoms with Crippen LogP contribution in [-0.4, -0.2) is 30.2 Å². The molecule has 1 aliphatic heterocycles. The third-order valence-electron chi connectivity index (χ3n) is 3.53. The Morgan fingerprint density at radius 2 is 2.00 bits per heavy atom. The second-order valence-corrected chi connectivity index (χ2v) is 5.83. The van der Waals surface area contributed by atoms with Crippen LogP contribution in [0.4, 0.5) is 0 Å². The number of benzene rings is 2. The van der Waals surface area contributed by atoms with E-state index >= 15 is 0 Å². The van der Waals surface area contributed by atoms with Crippen LogP contribution >= 0.6 is 0 Å². The maximum absolute atomic E-state index is 9.53. The lowest BCUT2D eigenvalue weighted by atomic mass is 10.1. The van der Waals surface area contributed by atoms with Gasteiger partial charge in [-0.3, -0.25) is 0 Å². The predicted molar refractivity (Wildman–Crippen MR) is 80.2 cm³/mol. The second-order valence-electron chi connectivity index (χ2n) is 5.83. The minimum absolute atomic E-state index is 0.00972. The molecule has 2 aromatic rings. The summed E-state index contributed by atoms with van der Waals surface area (Å²) >= 11 is 0. The molecule has 0 amide bonds. The Hall–Kier alpha value is -1.62. The Morgan fingerprint density at radius 3 is 2.76 bits per heavy atom. The largest absolute Gasteiger partial charge is 0.508 e. The first-order chi connectivity index (χ1) is 10.0. The molecule has 1 fully saturated rings. The van der Waals surface area contributed by atoms with Crippen molar-refractivity contribution in [2.75, 3.05) is 13.2 Å². The van der Waals surface area contributed by atoms with Crippen molar-refractivity contribution in [1.29, 1.82) is 0 Å². The van der Waals surface area contributed by atoms with Crippen molar-refractivity contribution in [2.24, 2.45) is 0 Å². The summed E-state index contributed by atoms with van der Waals surface area (Å²) < 4.78 is 16.9. The summed E-state index contributed by atoms with van der Waals surface area (Å²) in [6.45, 7) is 5.41. The van der Waals surface area contributed by atoms with E-state index in [0.29, 0.717) is 19.8 Å². The lowest BCUT2D eigenvalue weighted by molar-refractivity contribution is -0.145. The minimum atomic E-state index is -0.505. The topological polar surface area (TPSA) is 47.9 Å². The van der Waals surface area contributed by atoms with Crippen molar-refractivity contribution in [2.45, 2.75) is 32.3 Å². The summed E-state index contributed by atoms with van der Waals surface area (Å²) in [5.74, 6) is -0.228. The highest BCUT2D eigenvalue weighted by Crippen LogP contribution is 2.23. The van der Waals surface area contributed by atoms with Crippen molar-refractivity contribution in [3.8, 4) is 5.75 Å². The highest BCUT2D eigenvalue weighted by atomic mass is 16.7. The third kappa shape index (κ3) is 3.53. The number of phenols is 1. The van der Waals surface area contributed by atoms with Crippen LogP contribution in [0.25, 0.3) is 10.8 Å². The molecule has 0 bridgehead atoms. The first-order valence-corrected chi connectivity index (χ1v) is 7.13. The van der Waals surface area contributed by atoms with Crippen LogP contribution in [0.2, 0.25) is 0 Å². The number of phenolic OH excluding ortho intramolecular Hbond substituents is 1. The van der Waals surface area contributed by atoms with E-state index in [9.17, 15) is 5.11 Å². The van der Waals surface area contributed by atoms with Crippen LogP contribution in [0.1, 0.15) is 19.4 Å². The molecule has 0 saturated carbocycles. The zero-order valence-electron chi connectivity index (χ0n) is 12.3. The number of hydrogen-bond donors (Lipinski definition) is 1. The second kappa shape index (κ2) is 5.64. The first kappa shape index (κ1) is 14.3. The smallest absolute Gasteiger partial charge is 0.163 e. The Balaban J connectivity index is 1.58. The van der Waals surface area contributed by atoms with Gasteiger partial charge in [0, 0.05) is 0 Å². The van der Waals surface area contributed by atoms with Gasteiger partial charge in [0.2, 0.25) is 0 Å². The Labute approximate surface area is 124 Å². The average Bonchev–Trinajstić information content (AvgIpc) is 2.78. The number of hydrogen-bond acceptors (Lipinski definition) is 4. The molecular weight excluding hydrogens is 268 g/mol. The number of rotatable bonds is 4. The molecule has 4 nitrogen and oxygen atoms in total. The molecule has 1 heterocycles. The average molecular weight is 288 g/mol. The molecule has 2 aromatic carbocycles. The van der Waals surface area contributed by atoms with Gasteiger partial charge in [0.15, 0.2) is 5.79 Å². The summed E-state index contributed by atoms with van der Waals surface area (Å²) in [6, 6.07) is 11.5. The van der Waals surface area contributed by atoms with E-state index in [-0.39, 0.29) is 11.9 Å². The maximum Gasteiger partial charge on any atom is 0.163 e. The van der Waals surface area contributed by atoms with Crippen LogP contribution in [0.3, 0.4) is 0 Å². The summed E-state index contributed by atoms with van der Waals surface area (Å²) in [4.78, 5) is 0. The lowest BCUT2D eigenvalue weighted by Gasteiger charge is -2.17. The number of aromatic hydroxyl groups is 1. The molecule has 0 aromatic heterocycles. The standard InChI is InChI=1S/C17H20O4/c1-17(2)20-11-16(21-17)10-19-9-12-3-4-13-5-6-15(18)8-14(13)7-12/h3-8,16,18H,9-11H2,1-2H3. The molecule has 4 heteroatoms. The first-order valence-electron chi connectivity index (χ1n) is 7.13. The molecule has 1 saturated heterocycles. The summed E-state index contributed by atoms with van der Waals surface area (Å²) in [6.07, 6.45) is -0.00972. The van der Waals surface area contributed by atoms with Gasteiger partial charge in [0.1, 0.15) is 11.9 Å². The van der Waals surface area contributed by atoms with E-state index in [1.807, 2.05) is 38.1 Å². The fourth-order valence-corrected chi connectivity index (χ4v) is 2.53. The van der Waals surface area contributed by atoms with Gasteiger partial charge in [-0.1, -0.05) is 18.2 Å². The van der Waals surface area contributed by atoms with Crippen molar-refractivity contribution in [3.63, 3.8) is 0 Å². The van der Waals surface area contributed by atoms with Crippen molar-refractivity contribution < 1.29 is 19.3 Å². The van der Waals surface area contributed by atoms with E-state index < -0.39 is 5.79 Å². The van der Waals surface area contributed by atoms with Gasteiger partial charge in [-0.05, 0) is 48.4 Å². The van der Waals surface area contributed by atoms with Gasteiger partial charge < -0.3 is 19.3 Å². The Morgan fingerprint density at radius 1 is 1.19 bits per heavy atom. The third-order valence-corrected chi connectivity index (χ3v) is 3.53. The van der Waals surface area contributed by atoms with Gasteiger partial charge >= 0.3 is 0 Å². The quantitative estimate of drug-likeness (QED) is 0.938. The zero-order valence-corrected chi connectivity index (χ0v) is 12.3. The van der Waals surface area contributed by atoms with Gasteiger partial charge in [-0.2, -0.15) is 0 Å². The molecule has 112 valence electrons. The Kier molecular flexibility index (Phi) is 3.85. The van der Waals surface area contributed by atoms with Crippen molar-refractivity contribution in [3.05, 3.63) is 42.0 Å². The predicted octanol–water partition coefficient (Wildman–Crippen LogP) is 3.21. The van der Waals surface area contributed by atoms with Gasteiger partial charge in [0.25, 0.3) is 0 Å².